The Kier molecular flexibility index (Phi) is 5.95. The Labute approximate surface area is 172 Å². The Morgan fingerprint density at radius 2 is 1.70 bits per heavy atom. The van der Waals surface area contributed by atoms with Gasteiger partial charge in [0.05, 0.1) is 11.5 Å². The molecule has 2 heterocycles. The summed E-state index contributed by atoms with van der Waals surface area (Å²) in [4.78, 5) is 7.71. The number of thiol groups is 1. The number of aromatic nitrogens is 3. The van der Waals surface area contributed by atoms with Crippen LogP contribution in [0.4, 0.5) is 13.2 Å². The molecule has 0 spiro atoms. The van der Waals surface area contributed by atoms with Gasteiger partial charge in [-0.3, -0.25) is 4.98 Å². The number of alkyl halides is 3. The molecule has 30 heavy (non-hydrogen) atoms. The first-order chi connectivity index (χ1) is 14.0. The molecule has 11 heteroatoms. The SMILES string of the molecule is CC1(C)[C@@H](c2ccccc2)[C@@H]1c1nc(-c2cccnc2C(F)(F)F)no1.N[SH](=O)=O. The normalized spacial score (nSPS) is 19.8. The standard InChI is InChI=1S/C19H16F3N3O.H3NO2S/c1-18(2)13(11-7-4-3-5-8-11)14(18)17-24-16(25-26-17)12-9-6-10-23-15(12)19(20,21)22;1-4(2)3/h3-10,13-14H,1-2H3;4H,(H2,1,2,3)/t13-,14+;/m0./s1. The molecule has 1 fully saturated rings. The summed E-state index contributed by atoms with van der Waals surface area (Å²) in [5.74, 6) is 0.427. The molecular formula is C19H19F3N4O3S. The summed E-state index contributed by atoms with van der Waals surface area (Å²) in [7, 11) is -2.62. The van der Waals surface area contributed by atoms with E-state index in [4.69, 9.17) is 12.9 Å². The van der Waals surface area contributed by atoms with Gasteiger partial charge in [0.15, 0.2) is 16.6 Å². The molecule has 160 valence electrons. The van der Waals surface area contributed by atoms with Gasteiger partial charge in [-0.25, -0.2) is 13.6 Å². The second-order valence-corrected chi connectivity index (χ2v) is 7.90. The van der Waals surface area contributed by atoms with E-state index in [1.165, 1.54) is 12.1 Å². The van der Waals surface area contributed by atoms with Gasteiger partial charge < -0.3 is 4.52 Å². The van der Waals surface area contributed by atoms with Crippen molar-refractivity contribution in [2.45, 2.75) is 31.9 Å². The van der Waals surface area contributed by atoms with Gasteiger partial charge >= 0.3 is 6.18 Å². The molecule has 0 saturated heterocycles. The van der Waals surface area contributed by atoms with Crippen molar-refractivity contribution < 1.29 is 26.1 Å². The Bertz CT molecular complexity index is 1090. The third kappa shape index (κ3) is 4.51. The van der Waals surface area contributed by atoms with Crippen LogP contribution in [-0.2, 0) is 17.1 Å². The fourth-order valence-electron chi connectivity index (χ4n) is 3.66. The minimum absolute atomic E-state index is 0.0304. The number of hydrogen-bond acceptors (Lipinski definition) is 6. The summed E-state index contributed by atoms with van der Waals surface area (Å²) in [5, 5.41) is 7.85. The molecule has 2 aromatic heterocycles. The van der Waals surface area contributed by atoms with Crippen LogP contribution < -0.4 is 5.14 Å². The van der Waals surface area contributed by atoms with Crippen LogP contribution in [0.25, 0.3) is 11.4 Å². The maximum absolute atomic E-state index is 13.2. The third-order valence-electron chi connectivity index (χ3n) is 5.01. The second kappa shape index (κ2) is 8.15. The van der Waals surface area contributed by atoms with E-state index in [9.17, 15) is 13.2 Å². The van der Waals surface area contributed by atoms with Gasteiger partial charge in [0.1, 0.15) is 0 Å². The van der Waals surface area contributed by atoms with Crippen LogP contribution in [-0.4, -0.2) is 23.5 Å². The molecule has 7 nitrogen and oxygen atoms in total. The van der Waals surface area contributed by atoms with Crippen LogP contribution in [0.15, 0.2) is 53.2 Å². The molecule has 4 rings (SSSR count). The minimum atomic E-state index is -4.58. The van der Waals surface area contributed by atoms with Crippen molar-refractivity contribution in [2.75, 3.05) is 0 Å². The van der Waals surface area contributed by atoms with Crippen molar-refractivity contribution in [3.05, 3.63) is 65.8 Å². The molecule has 0 radical (unpaired) electrons. The molecule has 1 aliphatic rings. The molecule has 1 saturated carbocycles. The Morgan fingerprint density at radius 3 is 2.30 bits per heavy atom. The minimum Gasteiger partial charge on any atom is -0.339 e. The first kappa shape index (κ1) is 21.9. The number of halogens is 3. The van der Waals surface area contributed by atoms with Gasteiger partial charge in [-0.05, 0) is 23.1 Å². The zero-order valence-corrected chi connectivity index (χ0v) is 16.9. The molecule has 0 bridgehead atoms. The van der Waals surface area contributed by atoms with Crippen LogP contribution in [0.5, 0.6) is 0 Å². The maximum atomic E-state index is 13.2. The van der Waals surface area contributed by atoms with Crippen molar-refractivity contribution in [3.63, 3.8) is 0 Å². The lowest BCUT2D eigenvalue weighted by Crippen LogP contribution is -2.10. The number of nitrogens with two attached hydrogens (primary N) is 1. The predicted octanol–water partition coefficient (Wildman–Crippen LogP) is 3.53. The van der Waals surface area contributed by atoms with E-state index in [2.05, 4.69) is 34.1 Å². The van der Waals surface area contributed by atoms with Gasteiger partial charge in [0, 0.05) is 12.1 Å². The lowest BCUT2D eigenvalue weighted by atomic mass is 10.0. The molecule has 0 aliphatic heterocycles. The molecule has 0 unspecified atom stereocenters. The highest BCUT2D eigenvalue weighted by Crippen LogP contribution is 2.69. The first-order valence-corrected chi connectivity index (χ1v) is 10.1. The van der Waals surface area contributed by atoms with E-state index in [0.717, 1.165) is 11.8 Å². The Morgan fingerprint density at radius 1 is 1.07 bits per heavy atom. The molecular weight excluding hydrogens is 421 g/mol. The molecule has 2 N–H and O–H groups in total. The van der Waals surface area contributed by atoms with Gasteiger partial charge in [-0.2, -0.15) is 18.2 Å². The average Bonchev–Trinajstić information content (AvgIpc) is 3.01. The molecule has 1 aliphatic carbocycles. The van der Waals surface area contributed by atoms with E-state index in [-0.39, 0.29) is 28.6 Å². The second-order valence-electron chi connectivity index (χ2n) is 7.33. The van der Waals surface area contributed by atoms with Crippen LogP contribution in [0.2, 0.25) is 0 Å². The third-order valence-corrected chi connectivity index (χ3v) is 5.01. The highest BCUT2D eigenvalue weighted by molar-refractivity contribution is 7.69. The molecule has 3 aromatic rings. The number of pyridine rings is 1. The van der Waals surface area contributed by atoms with Gasteiger partial charge in [0.2, 0.25) is 11.7 Å². The van der Waals surface area contributed by atoms with Crippen molar-refractivity contribution >= 4 is 10.9 Å². The lowest BCUT2D eigenvalue weighted by molar-refractivity contribution is -0.140. The highest BCUT2D eigenvalue weighted by atomic mass is 32.2. The van der Waals surface area contributed by atoms with Crippen molar-refractivity contribution in [1.82, 2.24) is 15.1 Å². The van der Waals surface area contributed by atoms with Gasteiger partial charge in [-0.1, -0.05) is 49.3 Å². The number of nitrogens with zero attached hydrogens (tertiary/aromatic N) is 3. The van der Waals surface area contributed by atoms with E-state index in [1.54, 1.807) is 0 Å². The van der Waals surface area contributed by atoms with Crippen molar-refractivity contribution in [2.24, 2.45) is 10.6 Å². The van der Waals surface area contributed by atoms with Crippen LogP contribution in [0.3, 0.4) is 0 Å². The van der Waals surface area contributed by atoms with Crippen molar-refractivity contribution in [3.8, 4) is 11.4 Å². The van der Waals surface area contributed by atoms with Crippen LogP contribution in [0.1, 0.15) is 42.8 Å². The monoisotopic (exact) mass is 440 g/mol. The van der Waals surface area contributed by atoms with E-state index in [0.29, 0.717) is 5.89 Å². The zero-order valence-electron chi connectivity index (χ0n) is 16.0. The summed E-state index contributed by atoms with van der Waals surface area (Å²) in [6, 6.07) is 12.7. The fraction of sp³-hybridized carbons (Fsp3) is 0.316. The summed E-state index contributed by atoms with van der Waals surface area (Å²) in [5.41, 5.74) is -0.140. The summed E-state index contributed by atoms with van der Waals surface area (Å²) >= 11 is 0. The summed E-state index contributed by atoms with van der Waals surface area (Å²) in [6.45, 7) is 4.18. The number of hydrogen-bond donors (Lipinski definition) is 2. The quantitative estimate of drug-likeness (QED) is 0.603. The summed E-state index contributed by atoms with van der Waals surface area (Å²) in [6.07, 6.45) is -3.48. The highest BCUT2D eigenvalue weighted by Gasteiger charge is 2.62. The summed E-state index contributed by atoms with van der Waals surface area (Å²) < 4.78 is 62.5. The van der Waals surface area contributed by atoms with E-state index >= 15 is 0 Å². The average molecular weight is 440 g/mol. The lowest BCUT2D eigenvalue weighted by Gasteiger charge is -2.08. The molecule has 2 atom stereocenters. The van der Waals surface area contributed by atoms with Gasteiger partial charge in [-0.15, -0.1) is 0 Å². The van der Waals surface area contributed by atoms with E-state index in [1.807, 2.05) is 30.3 Å². The predicted molar refractivity (Wildman–Crippen MR) is 103 cm³/mol. The molecule has 0 amide bonds. The first-order valence-electron chi connectivity index (χ1n) is 8.83. The number of rotatable bonds is 3. The number of benzene rings is 1. The van der Waals surface area contributed by atoms with Gasteiger partial charge in [0.25, 0.3) is 0 Å². The topological polar surface area (TPSA) is 112 Å². The Hall–Kier alpha value is -2.79. The smallest absolute Gasteiger partial charge is 0.339 e. The Balaban J connectivity index is 0.000000589. The fourth-order valence-corrected chi connectivity index (χ4v) is 3.66. The van der Waals surface area contributed by atoms with E-state index < -0.39 is 22.8 Å². The largest absolute Gasteiger partial charge is 0.434 e. The van der Waals surface area contributed by atoms with Crippen LogP contribution >= 0.6 is 0 Å². The maximum Gasteiger partial charge on any atom is 0.434 e. The zero-order chi connectivity index (χ0) is 22.1. The van der Waals surface area contributed by atoms with Crippen LogP contribution in [0, 0.1) is 5.41 Å². The van der Waals surface area contributed by atoms with Crippen molar-refractivity contribution in [1.29, 1.82) is 0 Å². The molecule has 1 aromatic carbocycles.